The Morgan fingerprint density at radius 3 is 2.59 bits per heavy atom. The minimum absolute atomic E-state index is 0.230. The van der Waals surface area contributed by atoms with Crippen molar-refractivity contribution in [2.45, 2.75) is 75.8 Å². The Balaban J connectivity index is 1.41. The standard InChI is InChI=1S/C21H28O6/c1-15(22)25-18-14-24-17(13-23-12-16-8-4-2-5-9-16)19-20(18)27-21(26-19)10-6-3-7-11-21/h2,4-5,8-9,17-20H,3,6-7,10-14H2,1H3/t17-,18-,19+,20-/m0/s1. The molecule has 3 aliphatic rings. The van der Waals surface area contributed by atoms with E-state index in [0.29, 0.717) is 19.8 Å². The zero-order valence-electron chi connectivity index (χ0n) is 15.8. The van der Waals surface area contributed by atoms with Gasteiger partial charge in [-0.2, -0.15) is 0 Å². The minimum atomic E-state index is -0.558. The quantitative estimate of drug-likeness (QED) is 0.736. The lowest BCUT2D eigenvalue weighted by Crippen LogP contribution is -2.54. The van der Waals surface area contributed by atoms with E-state index in [1.54, 1.807) is 0 Å². The monoisotopic (exact) mass is 376 g/mol. The molecule has 2 saturated heterocycles. The van der Waals surface area contributed by atoms with Gasteiger partial charge in [0.15, 0.2) is 11.9 Å². The summed E-state index contributed by atoms with van der Waals surface area (Å²) in [7, 11) is 0. The van der Waals surface area contributed by atoms with Crippen molar-refractivity contribution in [1.29, 1.82) is 0 Å². The lowest BCUT2D eigenvalue weighted by molar-refractivity contribution is -0.202. The maximum absolute atomic E-state index is 11.5. The van der Waals surface area contributed by atoms with E-state index in [-0.39, 0.29) is 24.3 Å². The molecule has 1 aromatic rings. The molecule has 1 saturated carbocycles. The predicted octanol–water partition coefficient (Wildman–Crippen LogP) is 2.98. The Labute approximate surface area is 160 Å². The second-order valence-corrected chi connectivity index (χ2v) is 7.66. The molecule has 0 unspecified atom stereocenters. The van der Waals surface area contributed by atoms with Gasteiger partial charge in [0.2, 0.25) is 0 Å². The SMILES string of the molecule is CC(=O)O[C@H]1CO[C@@H](COCc2ccccc2)[C@H]2OC3(CCCCC3)O[C@H]21. The zero-order valence-corrected chi connectivity index (χ0v) is 15.8. The molecule has 6 heteroatoms. The number of hydrogen-bond acceptors (Lipinski definition) is 6. The molecule has 2 heterocycles. The summed E-state index contributed by atoms with van der Waals surface area (Å²) in [6.45, 7) is 2.66. The second kappa shape index (κ2) is 8.27. The van der Waals surface area contributed by atoms with E-state index in [9.17, 15) is 4.79 Å². The van der Waals surface area contributed by atoms with Gasteiger partial charge in [-0.1, -0.05) is 36.8 Å². The van der Waals surface area contributed by atoms with Gasteiger partial charge in [0.25, 0.3) is 0 Å². The van der Waals surface area contributed by atoms with Gasteiger partial charge in [-0.3, -0.25) is 4.79 Å². The number of rotatable bonds is 5. The molecule has 4 rings (SSSR count). The number of fused-ring (bicyclic) bond motifs is 1. The summed E-state index contributed by atoms with van der Waals surface area (Å²) in [4.78, 5) is 11.5. The number of ether oxygens (including phenoxy) is 5. The van der Waals surface area contributed by atoms with E-state index in [0.717, 1.165) is 31.2 Å². The van der Waals surface area contributed by atoms with Crippen LogP contribution in [0.25, 0.3) is 0 Å². The number of carbonyl (C=O) groups is 1. The first-order chi connectivity index (χ1) is 13.2. The molecule has 0 bridgehead atoms. The largest absolute Gasteiger partial charge is 0.457 e. The van der Waals surface area contributed by atoms with Gasteiger partial charge < -0.3 is 23.7 Å². The van der Waals surface area contributed by atoms with Crippen LogP contribution in [-0.4, -0.2) is 49.4 Å². The van der Waals surface area contributed by atoms with Crippen molar-refractivity contribution in [3.8, 4) is 0 Å². The van der Waals surface area contributed by atoms with Gasteiger partial charge in [0.05, 0.1) is 19.8 Å². The average molecular weight is 376 g/mol. The first kappa shape index (κ1) is 18.9. The summed E-state index contributed by atoms with van der Waals surface area (Å²) in [5, 5.41) is 0. The first-order valence-electron chi connectivity index (χ1n) is 9.91. The van der Waals surface area contributed by atoms with Gasteiger partial charge >= 0.3 is 5.97 Å². The molecule has 0 radical (unpaired) electrons. The third-order valence-corrected chi connectivity index (χ3v) is 5.56. The molecule has 3 fully saturated rings. The minimum Gasteiger partial charge on any atom is -0.457 e. The number of esters is 1. The highest BCUT2D eigenvalue weighted by Gasteiger charge is 2.56. The summed E-state index contributed by atoms with van der Waals surface area (Å²) in [6.07, 6.45) is 3.90. The van der Waals surface area contributed by atoms with Crippen molar-refractivity contribution < 1.29 is 28.5 Å². The molecule has 27 heavy (non-hydrogen) atoms. The van der Waals surface area contributed by atoms with Crippen molar-refractivity contribution in [2.75, 3.05) is 13.2 Å². The summed E-state index contributed by atoms with van der Waals surface area (Å²) >= 11 is 0. The lowest BCUT2D eigenvalue weighted by atomic mass is 9.94. The molecule has 2 aliphatic heterocycles. The van der Waals surface area contributed by atoms with Crippen molar-refractivity contribution in [2.24, 2.45) is 0 Å². The summed E-state index contributed by atoms with van der Waals surface area (Å²) in [5.41, 5.74) is 1.12. The molecule has 4 atom stereocenters. The Morgan fingerprint density at radius 2 is 1.85 bits per heavy atom. The molecule has 6 nitrogen and oxygen atoms in total. The Kier molecular flexibility index (Phi) is 5.78. The predicted molar refractivity (Wildman–Crippen MR) is 97.0 cm³/mol. The zero-order chi connectivity index (χ0) is 18.7. The fourth-order valence-corrected chi connectivity index (χ4v) is 4.29. The van der Waals surface area contributed by atoms with E-state index in [4.69, 9.17) is 23.7 Å². The molecule has 0 aromatic heterocycles. The van der Waals surface area contributed by atoms with E-state index < -0.39 is 11.9 Å². The molecule has 1 aromatic carbocycles. The topological polar surface area (TPSA) is 63.2 Å². The maximum atomic E-state index is 11.5. The van der Waals surface area contributed by atoms with Crippen LogP contribution in [-0.2, 0) is 35.1 Å². The third kappa shape index (κ3) is 4.35. The highest BCUT2D eigenvalue weighted by molar-refractivity contribution is 5.66. The van der Waals surface area contributed by atoms with Gasteiger partial charge in [-0.25, -0.2) is 0 Å². The highest BCUT2D eigenvalue weighted by Crippen LogP contribution is 2.44. The number of carbonyl (C=O) groups excluding carboxylic acids is 1. The third-order valence-electron chi connectivity index (χ3n) is 5.56. The molecular weight excluding hydrogens is 348 g/mol. The smallest absolute Gasteiger partial charge is 0.303 e. The van der Waals surface area contributed by atoms with Gasteiger partial charge in [-0.05, 0) is 18.4 Å². The van der Waals surface area contributed by atoms with E-state index in [1.807, 2.05) is 30.3 Å². The average Bonchev–Trinajstić information content (AvgIpc) is 3.04. The fraction of sp³-hybridized carbons (Fsp3) is 0.667. The molecule has 0 N–H and O–H groups in total. The van der Waals surface area contributed by atoms with E-state index in [1.165, 1.54) is 13.3 Å². The van der Waals surface area contributed by atoms with Crippen molar-refractivity contribution in [3.63, 3.8) is 0 Å². The van der Waals surface area contributed by atoms with Crippen LogP contribution in [0.5, 0.6) is 0 Å². The Morgan fingerprint density at radius 1 is 1.11 bits per heavy atom. The van der Waals surface area contributed by atoms with Crippen LogP contribution in [0.15, 0.2) is 30.3 Å². The summed E-state index contributed by atoms with van der Waals surface area (Å²) in [6, 6.07) is 10.0. The van der Waals surface area contributed by atoms with Crippen molar-refractivity contribution in [1.82, 2.24) is 0 Å². The van der Waals surface area contributed by atoms with Gasteiger partial charge in [0, 0.05) is 19.8 Å². The Bertz CT molecular complexity index is 627. The second-order valence-electron chi connectivity index (χ2n) is 7.66. The highest BCUT2D eigenvalue weighted by atomic mass is 16.8. The van der Waals surface area contributed by atoms with Crippen LogP contribution in [0.4, 0.5) is 0 Å². The number of benzene rings is 1. The van der Waals surface area contributed by atoms with Crippen LogP contribution in [0.2, 0.25) is 0 Å². The molecule has 1 spiro atoms. The summed E-state index contributed by atoms with van der Waals surface area (Å²) < 4.78 is 30.1. The molecule has 148 valence electrons. The van der Waals surface area contributed by atoms with E-state index >= 15 is 0 Å². The summed E-state index contributed by atoms with van der Waals surface area (Å²) in [5.74, 6) is -0.883. The number of hydrogen-bond donors (Lipinski definition) is 0. The van der Waals surface area contributed by atoms with Crippen LogP contribution in [0.1, 0.15) is 44.6 Å². The van der Waals surface area contributed by atoms with E-state index in [2.05, 4.69) is 0 Å². The maximum Gasteiger partial charge on any atom is 0.303 e. The molecule has 1 aliphatic carbocycles. The van der Waals surface area contributed by atoms with Crippen molar-refractivity contribution >= 4 is 5.97 Å². The van der Waals surface area contributed by atoms with Crippen LogP contribution >= 0.6 is 0 Å². The normalized spacial score (nSPS) is 32.2. The fourth-order valence-electron chi connectivity index (χ4n) is 4.29. The van der Waals surface area contributed by atoms with Gasteiger partial charge in [-0.15, -0.1) is 0 Å². The van der Waals surface area contributed by atoms with Crippen LogP contribution in [0, 0.1) is 0 Å². The van der Waals surface area contributed by atoms with Crippen LogP contribution < -0.4 is 0 Å². The Hall–Kier alpha value is -1.47. The van der Waals surface area contributed by atoms with Gasteiger partial charge in [0.1, 0.15) is 18.3 Å². The first-order valence-corrected chi connectivity index (χ1v) is 9.91. The molecule has 0 amide bonds. The van der Waals surface area contributed by atoms with Crippen LogP contribution in [0.3, 0.4) is 0 Å². The van der Waals surface area contributed by atoms with Crippen molar-refractivity contribution in [3.05, 3.63) is 35.9 Å². The lowest BCUT2D eigenvalue weighted by Gasteiger charge is -2.36. The molecular formula is C21H28O6.